The number of ether oxygens (including phenoxy) is 1. The molecule has 2 fully saturated rings. The molecule has 2 heteroatoms. The summed E-state index contributed by atoms with van der Waals surface area (Å²) in [7, 11) is 0. The summed E-state index contributed by atoms with van der Waals surface area (Å²) in [6.07, 6.45) is 17.0. The largest absolute Gasteiger partial charge is 0.462 e. The molecule has 1 aromatic rings. The molecule has 29 heavy (non-hydrogen) atoms. The molecular formula is C27H42O2. The van der Waals surface area contributed by atoms with Gasteiger partial charge < -0.3 is 4.74 Å². The van der Waals surface area contributed by atoms with Gasteiger partial charge in [0.2, 0.25) is 0 Å². The second-order valence-corrected chi connectivity index (χ2v) is 9.62. The fourth-order valence-corrected chi connectivity index (χ4v) is 5.49. The number of benzene rings is 1. The van der Waals surface area contributed by atoms with Crippen molar-refractivity contribution in [2.75, 3.05) is 0 Å². The quantitative estimate of drug-likeness (QED) is 0.306. The number of unbranched alkanes of at least 4 members (excludes halogenated alkanes) is 2. The minimum Gasteiger partial charge on any atom is -0.462 e. The molecule has 0 bridgehead atoms. The van der Waals surface area contributed by atoms with Gasteiger partial charge in [-0.15, -0.1) is 0 Å². The van der Waals surface area contributed by atoms with Crippen LogP contribution in [0.2, 0.25) is 0 Å². The molecule has 2 nitrogen and oxygen atoms in total. The minimum absolute atomic E-state index is 0.103. The normalized spacial score (nSPS) is 27.6. The Morgan fingerprint density at radius 3 is 2.10 bits per heavy atom. The Morgan fingerprint density at radius 2 is 1.48 bits per heavy atom. The summed E-state index contributed by atoms with van der Waals surface area (Å²) in [5, 5.41) is 0. The summed E-state index contributed by atoms with van der Waals surface area (Å²) in [5.74, 6) is 1.76. The van der Waals surface area contributed by atoms with Crippen LogP contribution in [0.4, 0.5) is 0 Å². The molecule has 1 saturated heterocycles. The number of cyclic esters (lactones) is 1. The summed E-state index contributed by atoms with van der Waals surface area (Å²) < 4.78 is 5.90. The van der Waals surface area contributed by atoms with Crippen LogP contribution in [0.5, 0.6) is 0 Å². The predicted octanol–water partition coefficient (Wildman–Crippen LogP) is 7.28. The van der Waals surface area contributed by atoms with E-state index in [-0.39, 0.29) is 18.0 Å². The van der Waals surface area contributed by atoms with Gasteiger partial charge in [-0.05, 0) is 74.3 Å². The SMILES string of the molecule is CCCCCc1ccc(CCC2CCC(C3CCC(CCC)CC3)C(=O)O2)cc1. The number of carbonyl (C=O) groups excluding carboxylic acids is 1. The highest BCUT2D eigenvalue weighted by Gasteiger charge is 2.37. The predicted molar refractivity (Wildman–Crippen MR) is 121 cm³/mol. The molecule has 1 aliphatic heterocycles. The zero-order valence-electron chi connectivity index (χ0n) is 18.8. The monoisotopic (exact) mass is 398 g/mol. The maximum Gasteiger partial charge on any atom is 0.309 e. The van der Waals surface area contributed by atoms with E-state index in [9.17, 15) is 4.79 Å². The van der Waals surface area contributed by atoms with Crippen LogP contribution in [0.3, 0.4) is 0 Å². The first-order valence-corrected chi connectivity index (χ1v) is 12.5. The number of aryl methyl sites for hydroxylation is 2. The summed E-state index contributed by atoms with van der Waals surface area (Å²) in [4.78, 5) is 12.7. The highest BCUT2D eigenvalue weighted by molar-refractivity contribution is 5.73. The number of esters is 1. The van der Waals surface area contributed by atoms with E-state index >= 15 is 0 Å². The lowest BCUT2D eigenvalue weighted by atomic mass is 9.72. The van der Waals surface area contributed by atoms with Gasteiger partial charge >= 0.3 is 5.97 Å². The number of hydrogen-bond acceptors (Lipinski definition) is 2. The van der Waals surface area contributed by atoms with Crippen LogP contribution in [0.1, 0.15) is 102 Å². The Bertz CT molecular complexity index is 597. The standard InChI is InChI=1S/C27H42O2/c1-3-5-6-8-22-9-11-23(12-10-22)15-18-25-19-20-26(27(28)29-25)24-16-13-21(7-4-2)14-17-24/h9-12,21,24-26H,3-8,13-20H2,1-2H3. The van der Waals surface area contributed by atoms with Crippen molar-refractivity contribution in [1.29, 1.82) is 0 Å². The van der Waals surface area contributed by atoms with Crippen LogP contribution in [0.25, 0.3) is 0 Å². The van der Waals surface area contributed by atoms with E-state index < -0.39 is 0 Å². The number of rotatable bonds is 10. The van der Waals surface area contributed by atoms with Gasteiger partial charge in [0.05, 0.1) is 5.92 Å². The Hall–Kier alpha value is -1.31. The molecule has 0 aromatic heterocycles. The molecule has 1 aromatic carbocycles. The lowest BCUT2D eigenvalue weighted by Gasteiger charge is -2.36. The topological polar surface area (TPSA) is 26.3 Å². The Kier molecular flexibility index (Phi) is 9.08. The second-order valence-electron chi connectivity index (χ2n) is 9.62. The molecule has 0 N–H and O–H groups in total. The number of carbonyl (C=O) groups is 1. The van der Waals surface area contributed by atoms with Crippen molar-refractivity contribution < 1.29 is 9.53 Å². The van der Waals surface area contributed by atoms with Gasteiger partial charge in [-0.1, -0.05) is 76.6 Å². The van der Waals surface area contributed by atoms with Crippen molar-refractivity contribution in [3.63, 3.8) is 0 Å². The van der Waals surface area contributed by atoms with Gasteiger partial charge in [0.1, 0.15) is 6.10 Å². The Balaban J connectivity index is 1.38. The van der Waals surface area contributed by atoms with Crippen LogP contribution in [0, 0.1) is 17.8 Å². The molecule has 162 valence electrons. The molecule has 1 heterocycles. The fraction of sp³-hybridized carbons (Fsp3) is 0.741. The average Bonchev–Trinajstić information content (AvgIpc) is 2.74. The minimum atomic E-state index is 0.103. The molecule has 2 aliphatic rings. The van der Waals surface area contributed by atoms with E-state index in [1.807, 2.05) is 0 Å². The first-order valence-electron chi connectivity index (χ1n) is 12.5. The van der Waals surface area contributed by atoms with Crippen LogP contribution in [-0.2, 0) is 22.4 Å². The molecule has 3 rings (SSSR count). The molecule has 2 atom stereocenters. The van der Waals surface area contributed by atoms with Gasteiger partial charge in [0, 0.05) is 0 Å². The van der Waals surface area contributed by atoms with Gasteiger partial charge in [-0.3, -0.25) is 4.79 Å². The third kappa shape index (κ3) is 6.86. The smallest absolute Gasteiger partial charge is 0.309 e. The molecule has 1 aliphatic carbocycles. The maximum absolute atomic E-state index is 12.7. The van der Waals surface area contributed by atoms with Gasteiger partial charge in [-0.25, -0.2) is 0 Å². The second kappa shape index (κ2) is 11.8. The van der Waals surface area contributed by atoms with Crippen LogP contribution in [0.15, 0.2) is 24.3 Å². The van der Waals surface area contributed by atoms with E-state index in [0.717, 1.165) is 31.6 Å². The first-order chi connectivity index (χ1) is 14.2. The van der Waals surface area contributed by atoms with E-state index in [0.29, 0.717) is 5.92 Å². The third-order valence-corrected chi connectivity index (χ3v) is 7.39. The highest BCUT2D eigenvalue weighted by atomic mass is 16.5. The van der Waals surface area contributed by atoms with Crippen LogP contribution < -0.4 is 0 Å². The lowest BCUT2D eigenvalue weighted by molar-refractivity contribution is -0.164. The lowest BCUT2D eigenvalue weighted by Crippen LogP contribution is -2.36. The summed E-state index contributed by atoms with van der Waals surface area (Å²) in [6.45, 7) is 4.54. The molecule has 0 spiro atoms. The Morgan fingerprint density at radius 1 is 0.793 bits per heavy atom. The van der Waals surface area contributed by atoms with Crippen molar-refractivity contribution in [2.24, 2.45) is 17.8 Å². The first kappa shape index (κ1) is 22.4. The molecule has 0 radical (unpaired) electrons. The molecule has 1 saturated carbocycles. The molecular weight excluding hydrogens is 356 g/mol. The summed E-state index contributed by atoms with van der Waals surface area (Å²) in [6, 6.07) is 9.10. The molecule has 2 unspecified atom stereocenters. The van der Waals surface area contributed by atoms with Crippen molar-refractivity contribution in [2.45, 2.75) is 110 Å². The number of hydrogen-bond donors (Lipinski definition) is 0. The van der Waals surface area contributed by atoms with Crippen LogP contribution >= 0.6 is 0 Å². The van der Waals surface area contributed by atoms with E-state index in [1.54, 1.807) is 0 Å². The van der Waals surface area contributed by atoms with Gasteiger partial charge in [0.25, 0.3) is 0 Å². The zero-order chi connectivity index (χ0) is 20.5. The van der Waals surface area contributed by atoms with Crippen molar-refractivity contribution in [1.82, 2.24) is 0 Å². The molecule has 0 amide bonds. The third-order valence-electron chi connectivity index (χ3n) is 7.39. The van der Waals surface area contributed by atoms with Crippen molar-refractivity contribution in [3.8, 4) is 0 Å². The van der Waals surface area contributed by atoms with Crippen LogP contribution in [-0.4, -0.2) is 12.1 Å². The zero-order valence-corrected chi connectivity index (χ0v) is 18.8. The summed E-state index contributed by atoms with van der Waals surface area (Å²) >= 11 is 0. The van der Waals surface area contributed by atoms with Crippen molar-refractivity contribution >= 4 is 5.97 Å². The van der Waals surface area contributed by atoms with E-state index in [1.165, 1.54) is 75.3 Å². The fourth-order valence-electron chi connectivity index (χ4n) is 5.49. The average molecular weight is 399 g/mol. The van der Waals surface area contributed by atoms with E-state index in [2.05, 4.69) is 38.1 Å². The van der Waals surface area contributed by atoms with Gasteiger partial charge in [0.15, 0.2) is 0 Å². The summed E-state index contributed by atoms with van der Waals surface area (Å²) in [5.41, 5.74) is 2.82. The van der Waals surface area contributed by atoms with E-state index in [4.69, 9.17) is 4.74 Å². The maximum atomic E-state index is 12.7. The Labute approximate surface area is 178 Å². The van der Waals surface area contributed by atoms with Crippen molar-refractivity contribution in [3.05, 3.63) is 35.4 Å². The highest BCUT2D eigenvalue weighted by Crippen LogP contribution is 2.39. The van der Waals surface area contributed by atoms with Gasteiger partial charge in [-0.2, -0.15) is 0 Å².